The first-order valence-corrected chi connectivity index (χ1v) is 5.54. The molecule has 3 unspecified atom stereocenters. The van der Waals surface area contributed by atoms with Crippen LogP contribution >= 0.6 is 11.3 Å². The van der Waals surface area contributed by atoms with Gasteiger partial charge in [-0.2, -0.15) is 0 Å². The maximum Gasteiger partial charge on any atom is 0.0127 e. The molecule has 12 heavy (non-hydrogen) atoms. The summed E-state index contributed by atoms with van der Waals surface area (Å²) < 4.78 is 0. The number of nitrogens with one attached hydrogen (secondary N) is 1. The Morgan fingerprint density at radius 1 is 1.50 bits per heavy atom. The van der Waals surface area contributed by atoms with Crippen molar-refractivity contribution in [2.75, 3.05) is 13.1 Å². The van der Waals surface area contributed by atoms with Gasteiger partial charge in [-0.15, -0.1) is 11.3 Å². The minimum Gasteiger partial charge on any atom is -0.316 e. The van der Waals surface area contributed by atoms with Gasteiger partial charge in [0.25, 0.3) is 0 Å². The van der Waals surface area contributed by atoms with Gasteiger partial charge >= 0.3 is 0 Å². The first-order valence-electron chi connectivity index (χ1n) is 4.66. The van der Waals surface area contributed by atoms with Gasteiger partial charge in [-0.1, -0.05) is 6.92 Å². The molecule has 2 heteroatoms. The van der Waals surface area contributed by atoms with Gasteiger partial charge in [0, 0.05) is 17.3 Å². The number of thiophene rings is 1. The molecule has 1 nitrogen and oxygen atoms in total. The zero-order valence-electron chi connectivity index (χ0n) is 7.21. The molecule has 0 radical (unpaired) electrons. The average molecular weight is 179 g/mol. The minimum atomic E-state index is 0.797. The Hall–Kier alpha value is -0.340. The normalized spacial score (nSPS) is 38.2. The molecular formula is C10H13NS. The maximum atomic E-state index is 3.49. The van der Waals surface area contributed by atoms with E-state index in [1.165, 1.54) is 13.1 Å². The number of hydrogen-bond donors (Lipinski definition) is 1. The van der Waals surface area contributed by atoms with Crippen molar-refractivity contribution in [2.45, 2.75) is 18.8 Å². The van der Waals surface area contributed by atoms with Gasteiger partial charge in [-0.05, 0) is 35.4 Å². The highest BCUT2D eigenvalue weighted by atomic mass is 32.1. The van der Waals surface area contributed by atoms with Crippen molar-refractivity contribution < 1.29 is 0 Å². The Morgan fingerprint density at radius 3 is 3.33 bits per heavy atom. The van der Waals surface area contributed by atoms with E-state index < -0.39 is 0 Å². The van der Waals surface area contributed by atoms with Crippen LogP contribution < -0.4 is 5.32 Å². The van der Waals surface area contributed by atoms with Crippen molar-refractivity contribution in [1.29, 1.82) is 0 Å². The van der Waals surface area contributed by atoms with E-state index >= 15 is 0 Å². The van der Waals surface area contributed by atoms with Crippen LogP contribution in [-0.2, 0) is 0 Å². The SMILES string of the molecule is CC1c2ccsc2C2CNCC12. The third-order valence-electron chi connectivity index (χ3n) is 3.46. The summed E-state index contributed by atoms with van der Waals surface area (Å²) in [6.45, 7) is 4.82. The van der Waals surface area contributed by atoms with Crippen LogP contribution in [0.5, 0.6) is 0 Å². The van der Waals surface area contributed by atoms with Crippen molar-refractivity contribution in [3.05, 3.63) is 21.9 Å². The summed E-state index contributed by atoms with van der Waals surface area (Å²) in [5, 5.41) is 5.74. The molecule has 1 aromatic heterocycles. The Kier molecular flexibility index (Phi) is 1.38. The molecule has 0 aromatic carbocycles. The molecule has 0 amide bonds. The molecule has 1 N–H and O–H groups in total. The monoisotopic (exact) mass is 179 g/mol. The van der Waals surface area contributed by atoms with E-state index in [0.717, 1.165) is 17.8 Å². The Labute approximate surface area is 76.8 Å². The van der Waals surface area contributed by atoms with E-state index in [-0.39, 0.29) is 0 Å². The molecule has 2 aliphatic rings. The van der Waals surface area contributed by atoms with Crippen LogP contribution in [0.3, 0.4) is 0 Å². The zero-order chi connectivity index (χ0) is 8.13. The van der Waals surface area contributed by atoms with Crippen LogP contribution in [0, 0.1) is 5.92 Å². The first-order chi connectivity index (χ1) is 5.88. The fourth-order valence-corrected chi connectivity index (χ4v) is 3.93. The second-order valence-electron chi connectivity index (χ2n) is 3.96. The number of hydrogen-bond acceptors (Lipinski definition) is 2. The second-order valence-corrected chi connectivity index (χ2v) is 4.91. The van der Waals surface area contributed by atoms with Gasteiger partial charge in [0.1, 0.15) is 0 Å². The second kappa shape index (κ2) is 2.33. The fraction of sp³-hybridized carbons (Fsp3) is 0.600. The molecule has 0 spiro atoms. The van der Waals surface area contributed by atoms with Gasteiger partial charge in [0.15, 0.2) is 0 Å². The molecule has 1 saturated heterocycles. The van der Waals surface area contributed by atoms with E-state index in [4.69, 9.17) is 0 Å². The summed E-state index contributed by atoms with van der Waals surface area (Å²) >= 11 is 1.95. The molecule has 0 saturated carbocycles. The van der Waals surface area contributed by atoms with Gasteiger partial charge in [-0.25, -0.2) is 0 Å². The van der Waals surface area contributed by atoms with Crippen LogP contribution in [0.2, 0.25) is 0 Å². The molecule has 1 aliphatic carbocycles. The van der Waals surface area contributed by atoms with Crippen molar-refractivity contribution in [3.8, 4) is 0 Å². The Morgan fingerprint density at radius 2 is 2.42 bits per heavy atom. The average Bonchev–Trinajstić information content (AvgIpc) is 2.72. The standard InChI is InChI=1S/C10H13NS/c1-6-7-2-3-12-10(7)9-5-11-4-8(6)9/h2-3,6,8-9,11H,4-5H2,1H3. The van der Waals surface area contributed by atoms with E-state index in [2.05, 4.69) is 23.7 Å². The predicted molar refractivity (Wildman–Crippen MR) is 51.8 cm³/mol. The third-order valence-corrected chi connectivity index (χ3v) is 4.52. The molecular weight excluding hydrogens is 166 g/mol. The molecule has 1 aromatic rings. The smallest absolute Gasteiger partial charge is 0.0127 e. The molecule has 64 valence electrons. The minimum absolute atomic E-state index is 0.797. The third kappa shape index (κ3) is 0.723. The quantitative estimate of drug-likeness (QED) is 0.643. The highest BCUT2D eigenvalue weighted by Crippen LogP contribution is 2.50. The van der Waals surface area contributed by atoms with E-state index in [1.54, 1.807) is 10.4 Å². The molecule has 2 heterocycles. The lowest BCUT2D eigenvalue weighted by atomic mass is 9.92. The lowest BCUT2D eigenvalue weighted by Gasteiger charge is -2.12. The van der Waals surface area contributed by atoms with Crippen molar-refractivity contribution in [2.24, 2.45) is 5.92 Å². The van der Waals surface area contributed by atoms with Crippen LogP contribution in [-0.4, -0.2) is 13.1 Å². The maximum absolute atomic E-state index is 3.49. The lowest BCUT2D eigenvalue weighted by molar-refractivity contribution is 0.488. The molecule has 1 fully saturated rings. The lowest BCUT2D eigenvalue weighted by Crippen LogP contribution is -2.12. The highest BCUT2D eigenvalue weighted by Gasteiger charge is 2.41. The first kappa shape index (κ1) is 7.10. The molecule has 3 atom stereocenters. The van der Waals surface area contributed by atoms with Gasteiger partial charge in [-0.3, -0.25) is 0 Å². The number of rotatable bonds is 0. The van der Waals surface area contributed by atoms with E-state index in [9.17, 15) is 0 Å². The van der Waals surface area contributed by atoms with Crippen LogP contribution in [0.4, 0.5) is 0 Å². The van der Waals surface area contributed by atoms with Crippen LogP contribution in [0.1, 0.15) is 29.2 Å². The van der Waals surface area contributed by atoms with Crippen molar-refractivity contribution in [3.63, 3.8) is 0 Å². The fourth-order valence-electron chi connectivity index (χ4n) is 2.75. The summed E-state index contributed by atoms with van der Waals surface area (Å²) in [6, 6.07) is 2.32. The van der Waals surface area contributed by atoms with E-state index in [0.29, 0.717) is 0 Å². The van der Waals surface area contributed by atoms with Gasteiger partial charge in [0.05, 0.1) is 0 Å². The topological polar surface area (TPSA) is 12.0 Å². The summed E-state index contributed by atoms with van der Waals surface area (Å²) in [7, 11) is 0. The largest absolute Gasteiger partial charge is 0.316 e. The summed E-state index contributed by atoms with van der Waals surface area (Å²) in [5.74, 6) is 2.54. The molecule has 0 bridgehead atoms. The molecule has 1 aliphatic heterocycles. The summed E-state index contributed by atoms with van der Waals surface area (Å²) in [5.41, 5.74) is 1.64. The zero-order valence-corrected chi connectivity index (χ0v) is 8.03. The van der Waals surface area contributed by atoms with Crippen LogP contribution in [0.15, 0.2) is 11.4 Å². The predicted octanol–water partition coefficient (Wildman–Crippen LogP) is 2.17. The Bertz CT molecular complexity index is 305. The van der Waals surface area contributed by atoms with Crippen LogP contribution in [0.25, 0.3) is 0 Å². The van der Waals surface area contributed by atoms with Crippen molar-refractivity contribution >= 4 is 11.3 Å². The Balaban J connectivity index is 2.11. The summed E-state index contributed by atoms with van der Waals surface area (Å²) in [4.78, 5) is 1.66. The number of fused-ring (bicyclic) bond motifs is 3. The van der Waals surface area contributed by atoms with E-state index in [1.807, 2.05) is 11.3 Å². The van der Waals surface area contributed by atoms with Gasteiger partial charge < -0.3 is 5.32 Å². The van der Waals surface area contributed by atoms with Gasteiger partial charge in [0.2, 0.25) is 0 Å². The van der Waals surface area contributed by atoms with Crippen molar-refractivity contribution in [1.82, 2.24) is 5.32 Å². The highest BCUT2D eigenvalue weighted by molar-refractivity contribution is 7.10. The molecule has 3 rings (SSSR count). The summed E-state index contributed by atoms with van der Waals surface area (Å²) in [6.07, 6.45) is 0.